The summed E-state index contributed by atoms with van der Waals surface area (Å²) < 4.78 is 11.4. The first-order chi connectivity index (χ1) is 17.9. The quantitative estimate of drug-likeness (QED) is 0.0734. The van der Waals surface area contributed by atoms with Crippen LogP contribution in [0.3, 0.4) is 0 Å². The van der Waals surface area contributed by atoms with Gasteiger partial charge in [0.2, 0.25) is 0 Å². The monoisotopic (exact) mass is 498 g/mol. The maximum atomic E-state index is 12.7. The first-order valence-electron chi connectivity index (χ1n) is 13.2. The highest BCUT2D eigenvalue weighted by atomic mass is 16.5. The molecule has 0 heterocycles. The number of ether oxygens (including phenoxy) is 2. The summed E-state index contributed by atoms with van der Waals surface area (Å²) in [4.78, 5) is 25.2. The van der Waals surface area contributed by atoms with Crippen LogP contribution in [0.1, 0.15) is 78.7 Å². The van der Waals surface area contributed by atoms with Gasteiger partial charge in [-0.2, -0.15) is 0 Å². The van der Waals surface area contributed by atoms with Crippen LogP contribution >= 0.6 is 0 Å². The molecule has 3 rings (SSSR count). The number of allylic oxidation sites excluding steroid dienone is 1. The topological polar surface area (TPSA) is 52.6 Å². The van der Waals surface area contributed by atoms with Crippen molar-refractivity contribution < 1.29 is 19.1 Å². The van der Waals surface area contributed by atoms with E-state index in [1.54, 1.807) is 30.3 Å². The number of Topliss-reactive ketones (excluding diaryl/α,β-unsaturated/α-hetero) is 1. The maximum Gasteiger partial charge on any atom is 0.343 e. The van der Waals surface area contributed by atoms with E-state index in [4.69, 9.17) is 9.47 Å². The number of unbranched alkanes of at least 4 members (excludes halogenated alkanes) is 4. The Bertz CT molecular complexity index is 1180. The van der Waals surface area contributed by atoms with E-state index in [1.165, 1.54) is 19.3 Å². The number of aryl methyl sites for hydroxylation is 1. The Balaban J connectivity index is 1.53. The third-order valence-electron chi connectivity index (χ3n) is 6.61. The number of esters is 1. The highest BCUT2D eigenvalue weighted by Gasteiger charge is 2.17. The second-order valence-electron chi connectivity index (χ2n) is 9.48. The SMILES string of the molecule is C=CCCCCCCOc1ccc(-c2ccc(C(=O)Oc3ccc(C(=O)[C@@H](C)CC)c(C)c3)cc2)cc1. The van der Waals surface area contributed by atoms with Gasteiger partial charge in [-0.25, -0.2) is 4.79 Å². The molecule has 0 saturated heterocycles. The maximum absolute atomic E-state index is 12.7. The van der Waals surface area contributed by atoms with E-state index in [0.29, 0.717) is 16.9 Å². The third kappa shape index (κ3) is 8.18. The number of rotatable bonds is 14. The van der Waals surface area contributed by atoms with Crippen molar-refractivity contribution in [1.29, 1.82) is 0 Å². The van der Waals surface area contributed by atoms with Gasteiger partial charge in [0.15, 0.2) is 5.78 Å². The average molecular weight is 499 g/mol. The van der Waals surface area contributed by atoms with Crippen LogP contribution in [0.4, 0.5) is 0 Å². The molecule has 0 bridgehead atoms. The Morgan fingerprint density at radius 2 is 1.49 bits per heavy atom. The summed E-state index contributed by atoms with van der Waals surface area (Å²) in [6.07, 6.45) is 8.47. The minimum absolute atomic E-state index is 0.0308. The fraction of sp³-hybridized carbons (Fsp3) is 0.333. The number of ketones is 1. The second kappa shape index (κ2) is 14.2. The van der Waals surface area contributed by atoms with E-state index in [1.807, 2.05) is 63.2 Å². The van der Waals surface area contributed by atoms with E-state index in [9.17, 15) is 9.59 Å². The first kappa shape index (κ1) is 27.9. The molecule has 0 N–H and O–H groups in total. The van der Waals surface area contributed by atoms with Crippen molar-refractivity contribution in [2.45, 2.75) is 59.3 Å². The molecule has 0 amide bonds. The molecule has 0 aliphatic carbocycles. The van der Waals surface area contributed by atoms with E-state index in [0.717, 1.165) is 48.3 Å². The van der Waals surface area contributed by atoms with Crippen molar-refractivity contribution in [3.05, 3.63) is 96.1 Å². The molecule has 0 spiro atoms. The Morgan fingerprint density at radius 3 is 2.11 bits per heavy atom. The fourth-order valence-electron chi connectivity index (χ4n) is 4.07. The van der Waals surface area contributed by atoms with Crippen molar-refractivity contribution in [2.24, 2.45) is 5.92 Å². The second-order valence-corrected chi connectivity index (χ2v) is 9.48. The zero-order valence-corrected chi connectivity index (χ0v) is 22.3. The van der Waals surface area contributed by atoms with Crippen molar-refractivity contribution in [1.82, 2.24) is 0 Å². The molecule has 0 aliphatic heterocycles. The highest BCUT2D eigenvalue weighted by Crippen LogP contribution is 2.25. The molecular formula is C33H38O4. The van der Waals surface area contributed by atoms with Crippen LogP contribution < -0.4 is 9.47 Å². The predicted octanol–water partition coefficient (Wildman–Crippen LogP) is 8.63. The van der Waals surface area contributed by atoms with Gasteiger partial charge in [0.05, 0.1) is 12.2 Å². The molecule has 37 heavy (non-hydrogen) atoms. The van der Waals surface area contributed by atoms with Crippen LogP contribution in [0.15, 0.2) is 79.4 Å². The van der Waals surface area contributed by atoms with Gasteiger partial charge in [-0.05, 0) is 91.8 Å². The van der Waals surface area contributed by atoms with Crippen LogP contribution in [0, 0.1) is 12.8 Å². The number of carbonyl (C=O) groups excluding carboxylic acids is 2. The molecule has 0 aliphatic rings. The largest absolute Gasteiger partial charge is 0.494 e. The number of hydrogen-bond donors (Lipinski definition) is 0. The molecule has 0 radical (unpaired) electrons. The minimum Gasteiger partial charge on any atom is -0.494 e. The Morgan fingerprint density at radius 1 is 0.865 bits per heavy atom. The lowest BCUT2D eigenvalue weighted by Gasteiger charge is -2.12. The highest BCUT2D eigenvalue weighted by molar-refractivity contribution is 5.99. The van der Waals surface area contributed by atoms with Crippen LogP contribution in [0.25, 0.3) is 11.1 Å². The van der Waals surface area contributed by atoms with E-state index in [2.05, 4.69) is 6.58 Å². The summed E-state index contributed by atoms with van der Waals surface area (Å²) in [7, 11) is 0. The molecule has 3 aromatic rings. The first-order valence-corrected chi connectivity index (χ1v) is 13.2. The average Bonchev–Trinajstić information content (AvgIpc) is 2.92. The fourth-order valence-corrected chi connectivity index (χ4v) is 4.07. The lowest BCUT2D eigenvalue weighted by Crippen LogP contribution is -2.12. The molecule has 194 valence electrons. The van der Waals surface area contributed by atoms with Gasteiger partial charge in [0, 0.05) is 11.5 Å². The Hall–Kier alpha value is -3.66. The van der Waals surface area contributed by atoms with Crippen molar-refractivity contribution >= 4 is 11.8 Å². The summed E-state index contributed by atoms with van der Waals surface area (Å²) in [5, 5.41) is 0. The van der Waals surface area contributed by atoms with Gasteiger partial charge in [0.25, 0.3) is 0 Å². The van der Waals surface area contributed by atoms with Crippen molar-refractivity contribution in [2.75, 3.05) is 6.61 Å². The van der Waals surface area contributed by atoms with Crippen LogP contribution in [0.5, 0.6) is 11.5 Å². The summed E-state index contributed by atoms with van der Waals surface area (Å²) in [5.41, 5.74) is 4.01. The van der Waals surface area contributed by atoms with Gasteiger partial charge in [-0.3, -0.25) is 4.79 Å². The minimum atomic E-state index is -0.430. The molecule has 0 aromatic heterocycles. The van der Waals surface area contributed by atoms with Gasteiger partial charge in [0.1, 0.15) is 11.5 Å². The molecule has 4 heteroatoms. The van der Waals surface area contributed by atoms with Crippen LogP contribution in [0.2, 0.25) is 0 Å². The smallest absolute Gasteiger partial charge is 0.343 e. The molecule has 4 nitrogen and oxygen atoms in total. The summed E-state index contributed by atoms with van der Waals surface area (Å²) >= 11 is 0. The van der Waals surface area contributed by atoms with E-state index >= 15 is 0 Å². The van der Waals surface area contributed by atoms with Gasteiger partial charge >= 0.3 is 5.97 Å². The van der Waals surface area contributed by atoms with Crippen LogP contribution in [-0.2, 0) is 0 Å². The van der Waals surface area contributed by atoms with Crippen molar-refractivity contribution in [3.63, 3.8) is 0 Å². The van der Waals surface area contributed by atoms with Gasteiger partial charge in [-0.1, -0.05) is 57.0 Å². The van der Waals surface area contributed by atoms with E-state index < -0.39 is 5.97 Å². The van der Waals surface area contributed by atoms with Gasteiger partial charge in [-0.15, -0.1) is 6.58 Å². The predicted molar refractivity (Wildman–Crippen MR) is 151 cm³/mol. The Kier molecular flexibility index (Phi) is 10.7. The zero-order chi connectivity index (χ0) is 26.6. The normalized spacial score (nSPS) is 11.5. The van der Waals surface area contributed by atoms with Gasteiger partial charge < -0.3 is 9.47 Å². The molecule has 0 fully saturated rings. The lowest BCUT2D eigenvalue weighted by atomic mass is 9.94. The standard InChI is InChI=1S/C33H38O4/c1-5-7-8-9-10-11-22-36-29-18-16-27(17-19-29)26-12-14-28(15-13-26)33(35)37-30-20-21-31(25(4)23-30)32(34)24(3)6-2/h5,12-21,23-24H,1,6-11,22H2,2-4H3/t24-/m0/s1. The van der Waals surface area contributed by atoms with Crippen LogP contribution in [-0.4, -0.2) is 18.4 Å². The molecule has 0 unspecified atom stereocenters. The molecule has 1 atom stereocenters. The molecular weight excluding hydrogens is 460 g/mol. The number of benzene rings is 3. The van der Waals surface area contributed by atoms with E-state index in [-0.39, 0.29) is 11.7 Å². The third-order valence-corrected chi connectivity index (χ3v) is 6.61. The zero-order valence-electron chi connectivity index (χ0n) is 22.3. The summed E-state index contributed by atoms with van der Waals surface area (Å²) in [6.45, 7) is 10.3. The molecule has 0 saturated carbocycles. The Labute approximate surface area is 221 Å². The number of hydrogen-bond acceptors (Lipinski definition) is 4. The number of carbonyl (C=O) groups is 2. The van der Waals surface area contributed by atoms with Crippen molar-refractivity contribution in [3.8, 4) is 22.6 Å². The summed E-state index contributed by atoms with van der Waals surface area (Å²) in [5.74, 6) is 0.946. The lowest BCUT2D eigenvalue weighted by molar-refractivity contribution is 0.0734. The summed E-state index contributed by atoms with van der Waals surface area (Å²) in [6, 6.07) is 20.5. The molecule has 3 aromatic carbocycles.